The summed E-state index contributed by atoms with van der Waals surface area (Å²) < 4.78 is 7.10. The van der Waals surface area contributed by atoms with Crippen LogP contribution in [0.15, 0.2) is 35.0 Å². The van der Waals surface area contributed by atoms with E-state index in [2.05, 4.69) is 10.3 Å². The molecule has 29 heavy (non-hydrogen) atoms. The van der Waals surface area contributed by atoms with Crippen molar-refractivity contribution < 1.29 is 9.32 Å². The molecule has 0 radical (unpaired) electrons. The normalized spacial score (nSPS) is 17.4. The smallest absolute Gasteiger partial charge is 0.260 e. The second kappa shape index (κ2) is 8.20. The molecular weight excluding hydrogens is 411 g/mol. The lowest BCUT2D eigenvalue weighted by atomic mass is 10.0. The zero-order valence-electron chi connectivity index (χ0n) is 16.4. The summed E-state index contributed by atoms with van der Waals surface area (Å²) in [5.74, 6) is 0.340. The molecule has 0 spiro atoms. The second-order valence-corrected chi connectivity index (χ2v) is 8.16. The summed E-state index contributed by atoms with van der Waals surface area (Å²) >= 11 is 12.8. The van der Waals surface area contributed by atoms with Crippen LogP contribution in [-0.2, 0) is 7.05 Å². The summed E-state index contributed by atoms with van der Waals surface area (Å²) in [6.45, 7) is 2.38. The number of hydrogen-bond acceptors (Lipinski definition) is 4. The topological polar surface area (TPSA) is 64.2 Å². The largest absolute Gasteiger partial charge is 0.360 e. The first-order valence-corrected chi connectivity index (χ1v) is 10.4. The van der Waals surface area contributed by atoms with Crippen molar-refractivity contribution in [3.8, 4) is 11.3 Å². The minimum atomic E-state index is -0.188. The highest BCUT2D eigenvalue weighted by Gasteiger charge is 2.34. The lowest BCUT2D eigenvalue weighted by Crippen LogP contribution is -2.35. The third-order valence-electron chi connectivity index (χ3n) is 5.35. The quantitative estimate of drug-likeness (QED) is 0.551. The molecule has 0 unspecified atom stereocenters. The number of benzene rings is 1. The van der Waals surface area contributed by atoms with Gasteiger partial charge in [0.1, 0.15) is 22.7 Å². The van der Waals surface area contributed by atoms with Crippen LogP contribution in [0.2, 0.25) is 10.0 Å². The van der Waals surface area contributed by atoms with E-state index in [1.165, 1.54) is 0 Å². The second-order valence-electron chi connectivity index (χ2n) is 7.34. The Labute approximate surface area is 179 Å². The molecule has 1 saturated heterocycles. The van der Waals surface area contributed by atoms with E-state index in [9.17, 15) is 4.79 Å². The number of likely N-dealkylation sites (tertiary alicyclic amines) is 1. The number of carbonyl (C=O) groups is 1. The predicted molar refractivity (Wildman–Crippen MR) is 112 cm³/mol. The van der Waals surface area contributed by atoms with Gasteiger partial charge in [-0.2, -0.15) is 5.10 Å². The van der Waals surface area contributed by atoms with E-state index in [0.29, 0.717) is 39.2 Å². The van der Waals surface area contributed by atoms with Crippen LogP contribution in [-0.4, -0.2) is 32.3 Å². The fourth-order valence-corrected chi connectivity index (χ4v) is 4.47. The summed E-state index contributed by atoms with van der Waals surface area (Å²) in [7, 11) is 1.83. The first-order chi connectivity index (χ1) is 14.0. The highest BCUT2D eigenvalue weighted by atomic mass is 35.5. The van der Waals surface area contributed by atoms with Crippen molar-refractivity contribution in [1.29, 1.82) is 0 Å². The van der Waals surface area contributed by atoms with Gasteiger partial charge in [0.05, 0.1) is 16.1 Å². The Balaban J connectivity index is 1.77. The maximum Gasteiger partial charge on any atom is 0.260 e. The summed E-state index contributed by atoms with van der Waals surface area (Å²) in [5.41, 5.74) is 2.32. The Morgan fingerprint density at radius 2 is 1.97 bits per heavy atom. The Morgan fingerprint density at radius 3 is 2.69 bits per heavy atom. The number of hydrogen-bond donors (Lipinski definition) is 0. The van der Waals surface area contributed by atoms with E-state index in [-0.39, 0.29) is 11.9 Å². The number of nitrogens with zero attached hydrogens (tertiary/aromatic N) is 4. The fourth-order valence-electron chi connectivity index (χ4n) is 3.94. The van der Waals surface area contributed by atoms with Gasteiger partial charge in [0.25, 0.3) is 5.91 Å². The SMILES string of the molecule is Cc1onc(-c2ccccc2Cl)c1C(=O)N1CCCCC[C@@H]1c1nn(C)cc1Cl. The van der Waals surface area contributed by atoms with Crippen molar-refractivity contribution >= 4 is 29.1 Å². The van der Waals surface area contributed by atoms with Crippen LogP contribution in [0.5, 0.6) is 0 Å². The predicted octanol–water partition coefficient (Wildman–Crippen LogP) is 5.45. The van der Waals surface area contributed by atoms with Gasteiger partial charge in [-0.05, 0) is 25.8 Å². The molecule has 0 saturated carbocycles. The Morgan fingerprint density at radius 1 is 1.17 bits per heavy atom. The summed E-state index contributed by atoms with van der Waals surface area (Å²) in [4.78, 5) is 15.6. The number of carbonyl (C=O) groups excluding carboxylic acids is 1. The molecule has 4 rings (SSSR count). The first kappa shape index (κ1) is 20.0. The molecule has 3 aromatic rings. The maximum absolute atomic E-state index is 13.7. The molecule has 0 aliphatic carbocycles. The third-order valence-corrected chi connectivity index (χ3v) is 5.97. The molecule has 2 aromatic heterocycles. The molecule has 0 N–H and O–H groups in total. The van der Waals surface area contributed by atoms with Crippen LogP contribution < -0.4 is 0 Å². The van der Waals surface area contributed by atoms with Gasteiger partial charge in [-0.1, -0.05) is 59.4 Å². The monoisotopic (exact) mass is 432 g/mol. The molecule has 1 amide bonds. The van der Waals surface area contributed by atoms with Gasteiger partial charge in [0.2, 0.25) is 0 Å². The third kappa shape index (κ3) is 3.79. The van der Waals surface area contributed by atoms with Gasteiger partial charge < -0.3 is 9.42 Å². The van der Waals surface area contributed by atoms with Crippen LogP contribution in [0.3, 0.4) is 0 Å². The molecule has 6 nitrogen and oxygen atoms in total. The maximum atomic E-state index is 13.7. The van der Waals surface area contributed by atoms with Crippen molar-refractivity contribution in [1.82, 2.24) is 19.8 Å². The molecule has 1 atom stereocenters. The number of aryl methyl sites for hydroxylation is 2. The van der Waals surface area contributed by atoms with Crippen LogP contribution in [0, 0.1) is 6.92 Å². The highest BCUT2D eigenvalue weighted by molar-refractivity contribution is 6.33. The molecular formula is C21H22Cl2N4O2. The van der Waals surface area contributed by atoms with Gasteiger partial charge >= 0.3 is 0 Å². The summed E-state index contributed by atoms with van der Waals surface area (Å²) in [5, 5.41) is 9.79. The molecule has 152 valence electrons. The zero-order chi connectivity index (χ0) is 20.5. The van der Waals surface area contributed by atoms with Crippen molar-refractivity contribution in [3.05, 3.63) is 57.5 Å². The lowest BCUT2D eigenvalue weighted by Gasteiger charge is -2.29. The standard InChI is InChI=1S/C21H22Cl2N4O2/c1-13-18(19(25-29-13)14-8-5-6-9-15(14)22)21(28)27-11-7-3-4-10-17(27)20-16(23)12-26(2)24-20/h5-6,8-9,12,17H,3-4,7,10-11H2,1-2H3/t17-/m1/s1. The average molecular weight is 433 g/mol. The summed E-state index contributed by atoms with van der Waals surface area (Å²) in [6, 6.07) is 7.13. The molecule has 1 aromatic carbocycles. The molecule has 1 fully saturated rings. The van der Waals surface area contributed by atoms with Crippen LogP contribution in [0.25, 0.3) is 11.3 Å². The molecule has 3 heterocycles. The van der Waals surface area contributed by atoms with E-state index >= 15 is 0 Å². The van der Waals surface area contributed by atoms with Crippen molar-refractivity contribution in [3.63, 3.8) is 0 Å². The van der Waals surface area contributed by atoms with Gasteiger partial charge in [-0.3, -0.25) is 9.48 Å². The van der Waals surface area contributed by atoms with E-state index < -0.39 is 0 Å². The van der Waals surface area contributed by atoms with Crippen molar-refractivity contribution in [2.24, 2.45) is 7.05 Å². The number of halogens is 2. The Bertz CT molecular complexity index is 1040. The highest BCUT2D eigenvalue weighted by Crippen LogP contribution is 2.37. The van der Waals surface area contributed by atoms with Gasteiger partial charge in [-0.25, -0.2) is 0 Å². The minimum absolute atomic E-state index is 0.132. The minimum Gasteiger partial charge on any atom is -0.360 e. The van der Waals surface area contributed by atoms with Gasteiger partial charge in [-0.15, -0.1) is 0 Å². The number of aromatic nitrogens is 3. The Kier molecular flexibility index (Phi) is 5.65. The van der Waals surface area contributed by atoms with E-state index in [1.807, 2.05) is 30.1 Å². The molecule has 8 heteroatoms. The zero-order valence-corrected chi connectivity index (χ0v) is 17.9. The van der Waals surface area contributed by atoms with E-state index in [1.54, 1.807) is 23.9 Å². The first-order valence-electron chi connectivity index (χ1n) is 9.68. The lowest BCUT2D eigenvalue weighted by molar-refractivity contribution is 0.0675. The van der Waals surface area contributed by atoms with Crippen molar-refractivity contribution in [2.45, 2.75) is 38.6 Å². The van der Waals surface area contributed by atoms with Crippen LogP contribution in [0.4, 0.5) is 0 Å². The van der Waals surface area contributed by atoms with Gasteiger partial charge in [0, 0.05) is 25.4 Å². The summed E-state index contributed by atoms with van der Waals surface area (Å²) in [6.07, 6.45) is 5.59. The molecule has 1 aliphatic rings. The van der Waals surface area contributed by atoms with Crippen LogP contribution in [0.1, 0.15) is 53.5 Å². The fraction of sp³-hybridized carbons (Fsp3) is 0.381. The van der Waals surface area contributed by atoms with Crippen LogP contribution >= 0.6 is 23.2 Å². The molecule has 0 bridgehead atoms. The van der Waals surface area contributed by atoms with Gasteiger partial charge in [0.15, 0.2) is 0 Å². The van der Waals surface area contributed by atoms with E-state index in [0.717, 1.165) is 31.4 Å². The molecule has 1 aliphatic heterocycles. The Hall–Kier alpha value is -2.31. The van der Waals surface area contributed by atoms with Crippen molar-refractivity contribution in [2.75, 3.05) is 6.54 Å². The number of amides is 1. The van der Waals surface area contributed by atoms with E-state index in [4.69, 9.17) is 27.7 Å². The average Bonchev–Trinajstić information content (AvgIpc) is 3.13. The number of rotatable bonds is 3.